The molecule has 0 atom stereocenters. The maximum absolute atomic E-state index is 13.3. The van der Waals surface area contributed by atoms with Crippen LogP contribution in [0.3, 0.4) is 0 Å². The zero-order valence-corrected chi connectivity index (χ0v) is 18.4. The summed E-state index contributed by atoms with van der Waals surface area (Å²) in [7, 11) is 2.05. The molecule has 0 saturated heterocycles. The average molecular weight is 420 g/mol. The van der Waals surface area contributed by atoms with E-state index >= 15 is 0 Å². The van der Waals surface area contributed by atoms with E-state index in [0.29, 0.717) is 29.0 Å². The molecule has 0 spiro atoms. The standard InChI is InChI=1S/C25H29N3O3/c1-4-27(3)13-14-31-21-10-7-18-11-12-28(25(30)22(18)16-21)23-15-19(6-5-17(23)2)24(29)26-20-8-9-20/h5-7,10-12,15-16,20H,4,8-9,13-14H2,1-3H3,(H,26,29). The fourth-order valence-corrected chi connectivity index (χ4v) is 3.48. The summed E-state index contributed by atoms with van der Waals surface area (Å²) in [5.74, 6) is 0.589. The van der Waals surface area contributed by atoms with Crippen molar-refractivity contribution in [1.82, 2.24) is 14.8 Å². The first kappa shape index (κ1) is 21.1. The molecule has 0 bridgehead atoms. The molecule has 1 N–H and O–H groups in total. The second-order valence-corrected chi connectivity index (χ2v) is 8.23. The molecular formula is C25H29N3O3. The van der Waals surface area contributed by atoms with Gasteiger partial charge in [-0.25, -0.2) is 0 Å². The molecular weight excluding hydrogens is 390 g/mol. The number of rotatable bonds is 8. The van der Waals surface area contributed by atoms with Gasteiger partial charge in [0.2, 0.25) is 0 Å². The van der Waals surface area contributed by atoms with Crippen molar-refractivity contribution in [2.45, 2.75) is 32.7 Å². The molecule has 1 fully saturated rings. The number of hydrogen-bond donors (Lipinski definition) is 1. The van der Waals surface area contributed by atoms with Crippen LogP contribution in [0.25, 0.3) is 16.5 Å². The molecule has 1 saturated carbocycles. The van der Waals surface area contributed by atoms with Gasteiger partial charge in [-0.1, -0.05) is 19.1 Å². The number of aromatic nitrogens is 1. The highest BCUT2D eigenvalue weighted by Crippen LogP contribution is 2.22. The van der Waals surface area contributed by atoms with Crippen LogP contribution in [-0.4, -0.2) is 48.2 Å². The van der Waals surface area contributed by atoms with Crippen LogP contribution in [0.5, 0.6) is 5.75 Å². The number of ether oxygens (including phenoxy) is 1. The minimum Gasteiger partial charge on any atom is -0.492 e. The van der Waals surface area contributed by atoms with Crippen molar-refractivity contribution in [3.8, 4) is 11.4 Å². The number of fused-ring (bicyclic) bond motifs is 1. The quantitative estimate of drug-likeness (QED) is 0.607. The van der Waals surface area contributed by atoms with Gasteiger partial charge >= 0.3 is 0 Å². The zero-order chi connectivity index (χ0) is 22.0. The Bertz CT molecular complexity index is 1160. The Balaban J connectivity index is 1.65. The second-order valence-electron chi connectivity index (χ2n) is 8.23. The molecule has 1 aromatic heterocycles. The van der Waals surface area contributed by atoms with Crippen LogP contribution >= 0.6 is 0 Å². The lowest BCUT2D eigenvalue weighted by Crippen LogP contribution is -2.26. The first-order valence-electron chi connectivity index (χ1n) is 10.8. The molecule has 1 aliphatic carbocycles. The Morgan fingerprint density at radius 1 is 1.19 bits per heavy atom. The van der Waals surface area contributed by atoms with Gasteiger partial charge in [0.1, 0.15) is 12.4 Å². The van der Waals surface area contributed by atoms with Crippen molar-refractivity contribution >= 4 is 16.7 Å². The van der Waals surface area contributed by atoms with Crippen LogP contribution in [0, 0.1) is 6.92 Å². The summed E-state index contributed by atoms with van der Waals surface area (Å²) >= 11 is 0. The van der Waals surface area contributed by atoms with E-state index < -0.39 is 0 Å². The van der Waals surface area contributed by atoms with E-state index in [-0.39, 0.29) is 17.5 Å². The third-order valence-corrected chi connectivity index (χ3v) is 5.80. The first-order chi connectivity index (χ1) is 15.0. The average Bonchev–Trinajstić information content (AvgIpc) is 3.59. The molecule has 2 aromatic carbocycles. The van der Waals surface area contributed by atoms with E-state index in [1.807, 2.05) is 44.3 Å². The molecule has 162 valence electrons. The number of likely N-dealkylation sites (N-methyl/N-ethyl adjacent to an activating group) is 1. The minimum atomic E-state index is -0.128. The molecule has 0 radical (unpaired) electrons. The molecule has 31 heavy (non-hydrogen) atoms. The van der Waals surface area contributed by atoms with E-state index in [0.717, 1.165) is 36.9 Å². The Hall–Kier alpha value is -3.12. The SMILES string of the molecule is CCN(C)CCOc1ccc2ccn(-c3cc(C(=O)NC4CC4)ccc3C)c(=O)c2c1. The van der Waals surface area contributed by atoms with Gasteiger partial charge in [0.05, 0.1) is 11.1 Å². The van der Waals surface area contributed by atoms with E-state index in [4.69, 9.17) is 4.74 Å². The number of carbonyl (C=O) groups is 1. The highest BCUT2D eigenvalue weighted by Gasteiger charge is 2.24. The normalized spacial score (nSPS) is 13.5. The van der Waals surface area contributed by atoms with Crippen LogP contribution in [0.4, 0.5) is 0 Å². The monoisotopic (exact) mass is 419 g/mol. The summed E-state index contributed by atoms with van der Waals surface area (Å²) in [4.78, 5) is 28.0. The molecule has 1 heterocycles. The van der Waals surface area contributed by atoms with Gasteiger partial charge in [-0.05, 0) is 74.6 Å². The molecule has 6 nitrogen and oxygen atoms in total. The van der Waals surface area contributed by atoms with Crippen molar-refractivity contribution in [1.29, 1.82) is 0 Å². The number of pyridine rings is 1. The van der Waals surface area contributed by atoms with Crippen LogP contribution in [0.2, 0.25) is 0 Å². The van der Waals surface area contributed by atoms with E-state index in [9.17, 15) is 9.59 Å². The molecule has 4 rings (SSSR count). The Kier molecular flexibility index (Phi) is 6.09. The van der Waals surface area contributed by atoms with Crippen LogP contribution in [0.1, 0.15) is 35.7 Å². The van der Waals surface area contributed by atoms with E-state index in [1.54, 1.807) is 22.9 Å². The van der Waals surface area contributed by atoms with E-state index in [2.05, 4.69) is 17.1 Å². The highest BCUT2D eigenvalue weighted by atomic mass is 16.5. The summed E-state index contributed by atoms with van der Waals surface area (Å²) in [5.41, 5.74) is 2.08. The fourth-order valence-electron chi connectivity index (χ4n) is 3.48. The summed E-state index contributed by atoms with van der Waals surface area (Å²) in [6.07, 6.45) is 3.84. The number of nitrogens with one attached hydrogen (secondary N) is 1. The first-order valence-corrected chi connectivity index (χ1v) is 10.8. The van der Waals surface area contributed by atoms with Gasteiger partial charge in [-0.15, -0.1) is 0 Å². The van der Waals surface area contributed by atoms with Gasteiger partial charge < -0.3 is 15.0 Å². The predicted molar refractivity (Wildman–Crippen MR) is 123 cm³/mol. The highest BCUT2D eigenvalue weighted by molar-refractivity contribution is 5.95. The molecule has 1 amide bonds. The van der Waals surface area contributed by atoms with Crippen LogP contribution in [0.15, 0.2) is 53.5 Å². The van der Waals surface area contributed by atoms with Gasteiger partial charge in [-0.2, -0.15) is 0 Å². The number of aryl methyl sites for hydroxylation is 1. The second kappa shape index (κ2) is 8.94. The lowest BCUT2D eigenvalue weighted by Gasteiger charge is -2.15. The molecule has 0 aliphatic heterocycles. The Morgan fingerprint density at radius 3 is 2.74 bits per heavy atom. The van der Waals surface area contributed by atoms with Crippen molar-refractivity contribution in [3.63, 3.8) is 0 Å². The Morgan fingerprint density at radius 2 is 2.00 bits per heavy atom. The van der Waals surface area contributed by atoms with Crippen LogP contribution < -0.4 is 15.6 Å². The molecule has 3 aromatic rings. The lowest BCUT2D eigenvalue weighted by molar-refractivity contribution is 0.0951. The third kappa shape index (κ3) is 4.80. The molecule has 0 unspecified atom stereocenters. The topological polar surface area (TPSA) is 63.6 Å². The van der Waals surface area contributed by atoms with Crippen molar-refractivity contribution in [2.24, 2.45) is 0 Å². The maximum atomic E-state index is 13.3. The fraction of sp³-hybridized carbons (Fsp3) is 0.360. The van der Waals surface area contributed by atoms with Crippen molar-refractivity contribution < 1.29 is 9.53 Å². The summed E-state index contributed by atoms with van der Waals surface area (Å²) < 4.78 is 7.47. The third-order valence-electron chi connectivity index (χ3n) is 5.80. The summed E-state index contributed by atoms with van der Waals surface area (Å²) in [6, 6.07) is 13.3. The van der Waals surface area contributed by atoms with Gasteiger partial charge in [0.25, 0.3) is 11.5 Å². The number of nitrogens with zero attached hydrogens (tertiary/aromatic N) is 2. The van der Waals surface area contributed by atoms with Crippen LogP contribution in [-0.2, 0) is 0 Å². The van der Waals surface area contributed by atoms with Gasteiger partial charge in [0, 0.05) is 24.3 Å². The van der Waals surface area contributed by atoms with Crippen molar-refractivity contribution in [3.05, 3.63) is 70.1 Å². The van der Waals surface area contributed by atoms with Gasteiger partial charge in [-0.3, -0.25) is 14.2 Å². The van der Waals surface area contributed by atoms with E-state index in [1.165, 1.54) is 0 Å². The molecule has 1 aliphatic rings. The number of hydrogen-bond acceptors (Lipinski definition) is 4. The molecule has 6 heteroatoms. The smallest absolute Gasteiger partial charge is 0.263 e. The number of carbonyl (C=O) groups excluding carboxylic acids is 1. The minimum absolute atomic E-state index is 0.0923. The summed E-state index contributed by atoms with van der Waals surface area (Å²) in [5, 5.41) is 4.46. The summed E-state index contributed by atoms with van der Waals surface area (Å²) in [6.45, 7) is 6.39. The lowest BCUT2D eigenvalue weighted by atomic mass is 10.1. The predicted octanol–water partition coefficient (Wildman–Crippen LogP) is 3.52. The van der Waals surface area contributed by atoms with Gasteiger partial charge in [0.15, 0.2) is 0 Å². The largest absolute Gasteiger partial charge is 0.492 e. The Labute approximate surface area is 182 Å². The zero-order valence-electron chi connectivity index (χ0n) is 18.4. The van der Waals surface area contributed by atoms with Crippen molar-refractivity contribution in [2.75, 3.05) is 26.7 Å². The number of amides is 1. The number of benzene rings is 2. The maximum Gasteiger partial charge on any atom is 0.263 e.